The number of carbonyl (C=O) groups is 4. The van der Waals surface area contributed by atoms with E-state index in [2.05, 4.69) is 10.6 Å². The first-order chi connectivity index (χ1) is 14.3. The number of rotatable bonds is 6. The van der Waals surface area contributed by atoms with Crippen LogP contribution in [0.15, 0.2) is 65.9 Å². The highest BCUT2D eigenvalue weighted by Gasteiger charge is 2.46. The molecule has 0 saturated carbocycles. The molecule has 8 heteroatoms. The van der Waals surface area contributed by atoms with E-state index in [1.54, 1.807) is 56.3 Å². The van der Waals surface area contributed by atoms with Crippen molar-refractivity contribution in [3.63, 3.8) is 0 Å². The number of imide groups is 1. The molecule has 1 aliphatic heterocycles. The molecule has 1 fully saturated rings. The van der Waals surface area contributed by atoms with Gasteiger partial charge in [-0.25, -0.2) is 9.69 Å². The number of urea groups is 1. The van der Waals surface area contributed by atoms with E-state index < -0.39 is 29.7 Å². The SMILES string of the molecule is COc1ccccc1NC(=O)C(C(=O)c1ccccc1)N1C(=O)NC(=C(C)C)C1=O. The molecule has 0 aliphatic carbocycles. The molecule has 2 N–H and O–H groups in total. The van der Waals surface area contributed by atoms with Crippen LogP contribution >= 0.6 is 0 Å². The molecular weight excluding hydrogens is 386 g/mol. The average molecular weight is 407 g/mol. The molecule has 1 heterocycles. The van der Waals surface area contributed by atoms with Gasteiger partial charge < -0.3 is 15.4 Å². The van der Waals surface area contributed by atoms with Crippen molar-refractivity contribution >= 4 is 29.3 Å². The lowest BCUT2D eigenvalue weighted by Crippen LogP contribution is -2.52. The van der Waals surface area contributed by atoms with Gasteiger partial charge in [-0.2, -0.15) is 0 Å². The van der Waals surface area contributed by atoms with Gasteiger partial charge in [-0.05, 0) is 31.6 Å². The monoisotopic (exact) mass is 407 g/mol. The Morgan fingerprint density at radius 1 is 1.00 bits per heavy atom. The number of hydrogen-bond acceptors (Lipinski definition) is 5. The lowest BCUT2D eigenvalue weighted by Gasteiger charge is -2.23. The summed E-state index contributed by atoms with van der Waals surface area (Å²) in [7, 11) is 1.44. The Balaban J connectivity index is 2.03. The fraction of sp³-hybridized carbons (Fsp3) is 0.182. The van der Waals surface area contributed by atoms with Gasteiger partial charge in [0.2, 0.25) is 0 Å². The highest BCUT2D eigenvalue weighted by atomic mass is 16.5. The van der Waals surface area contributed by atoms with Crippen molar-refractivity contribution in [2.24, 2.45) is 0 Å². The van der Waals surface area contributed by atoms with Crippen LogP contribution in [0.25, 0.3) is 0 Å². The summed E-state index contributed by atoms with van der Waals surface area (Å²) in [5, 5.41) is 5.04. The highest BCUT2D eigenvalue weighted by molar-refractivity contribution is 6.24. The largest absolute Gasteiger partial charge is 0.495 e. The van der Waals surface area contributed by atoms with Crippen LogP contribution in [0.3, 0.4) is 0 Å². The number of carbonyl (C=O) groups excluding carboxylic acids is 4. The maximum Gasteiger partial charge on any atom is 0.330 e. The van der Waals surface area contributed by atoms with Gasteiger partial charge in [0, 0.05) is 5.56 Å². The van der Waals surface area contributed by atoms with Gasteiger partial charge >= 0.3 is 6.03 Å². The van der Waals surface area contributed by atoms with Crippen LogP contribution in [-0.2, 0) is 9.59 Å². The first kappa shape index (κ1) is 20.8. The van der Waals surface area contributed by atoms with Crippen molar-refractivity contribution in [2.45, 2.75) is 19.9 Å². The van der Waals surface area contributed by atoms with Crippen molar-refractivity contribution in [3.8, 4) is 5.75 Å². The quantitative estimate of drug-likeness (QED) is 0.332. The Labute approximate surface area is 173 Å². The molecule has 4 amide bonds. The average Bonchev–Trinajstić information content (AvgIpc) is 3.04. The Morgan fingerprint density at radius 2 is 1.63 bits per heavy atom. The van der Waals surface area contributed by atoms with Crippen molar-refractivity contribution in [1.82, 2.24) is 10.2 Å². The number of Topliss-reactive ketones (excluding diaryl/α,β-unsaturated/α-hetero) is 1. The lowest BCUT2D eigenvalue weighted by molar-refractivity contribution is -0.129. The minimum Gasteiger partial charge on any atom is -0.495 e. The summed E-state index contributed by atoms with van der Waals surface area (Å²) >= 11 is 0. The maximum atomic E-state index is 13.2. The van der Waals surface area contributed by atoms with Gasteiger partial charge in [-0.15, -0.1) is 0 Å². The van der Waals surface area contributed by atoms with Crippen LogP contribution in [-0.4, -0.2) is 41.7 Å². The van der Waals surface area contributed by atoms with E-state index in [1.807, 2.05) is 0 Å². The number of nitrogens with zero attached hydrogens (tertiary/aromatic N) is 1. The molecule has 0 aromatic heterocycles. The normalized spacial score (nSPS) is 14.2. The van der Waals surface area contributed by atoms with Crippen LogP contribution < -0.4 is 15.4 Å². The molecule has 0 spiro atoms. The highest BCUT2D eigenvalue weighted by Crippen LogP contribution is 2.25. The minimum absolute atomic E-state index is 0.0518. The van der Waals surface area contributed by atoms with Crippen molar-refractivity contribution in [3.05, 3.63) is 71.4 Å². The third-order valence-corrected chi connectivity index (χ3v) is 4.56. The van der Waals surface area contributed by atoms with Crippen molar-refractivity contribution in [2.75, 3.05) is 12.4 Å². The molecule has 2 aromatic rings. The van der Waals surface area contributed by atoms with Gasteiger partial charge in [-0.1, -0.05) is 42.5 Å². The molecule has 1 atom stereocenters. The molecule has 1 unspecified atom stereocenters. The molecular formula is C22H21N3O5. The second-order valence-electron chi connectivity index (χ2n) is 6.80. The second-order valence-corrected chi connectivity index (χ2v) is 6.80. The van der Waals surface area contributed by atoms with E-state index >= 15 is 0 Å². The van der Waals surface area contributed by atoms with Crippen LogP contribution in [0.4, 0.5) is 10.5 Å². The summed E-state index contributed by atoms with van der Waals surface area (Å²) in [5.74, 6) is -1.86. The zero-order valence-electron chi connectivity index (χ0n) is 16.8. The molecule has 3 rings (SSSR count). The van der Waals surface area contributed by atoms with E-state index in [4.69, 9.17) is 4.74 Å². The second kappa shape index (κ2) is 8.60. The summed E-state index contributed by atoms with van der Waals surface area (Å²) < 4.78 is 5.22. The zero-order valence-corrected chi connectivity index (χ0v) is 16.8. The minimum atomic E-state index is -1.69. The molecule has 1 aliphatic rings. The van der Waals surface area contributed by atoms with E-state index in [-0.39, 0.29) is 11.3 Å². The third-order valence-electron chi connectivity index (χ3n) is 4.56. The summed E-state index contributed by atoms with van der Waals surface area (Å²) in [4.78, 5) is 52.4. The molecule has 0 radical (unpaired) electrons. The molecule has 1 saturated heterocycles. The number of allylic oxidation sites excluding steroid dienone is 1. The van der Waals surface area contributed by atoms with E-state index in [0.717, 1.165) is 0 Å². The predicted molar refractivity (Wildman–Crippen MR) is 110 cm³/mol. The Bertz CT molecular complexity index is 1040. The number of ketones is 1. The van der Waals surface area contributed by atoms with Gasteiger partial charge in [0.1, 0.15) is 11.4 Å². The van der Waals surface area contributed by atoms with Crippen LogP contribution in [0.1, 0.15) is 24.2 Å². The number of nitrogens with one attached hydrogen (secondary N) is 2. The number of methoxy groups -OCH3 is 1. The van der Waals surface area contributed by atoms with Crippen molar-refractivity contribution in [1.29, 1.82) is 0 Å². The number of hydrogen-bond donors (Lipinski definition) is 2. The molecule has 2 aromatic carbocycles. The van der Waals surface area contributed by atoms with E-state index in [9.17, 15) is 19.2 Å². The maximum absolute atomic E-state index is 13.2. The number of amides is 4. The molecule has 154 valence electrons. The fourth-order valence-corrected chi connectivity index (χ4v) is 3.07. The topological polar surface area (TPSA) is 105 Å². The Kier molecular flexibility index (Phi) is 5.96. The first-order valence-corrected chi connectivity index (χ1v) is 9.20. The summed E-state index contributed by atoms with van der Waals surface area (Å²) in [6.45, 7) is 3.31. The number of anilines is 1. The number of para-hydroxylation sites is 2. The predicted octanol–water partition coefficient (Wildman–Crippen LogP) is 2.73. The molecule has 0 bridgehead atoms. The Hall–Kier alpha value is -3.94. The van der Waals surface area contributed by atoms with Gasteiger partial charge in [0.25, 0.3) is 11.8 Å². The third kappa shape index (κ3) is 3.93. The van der Waals surface area contributed by atoms with Gasteiger partial charge in [0.15, 0.2) is 11.8 Å². The summed E-state index contributed by atoms with van der Waals surface area (Å²) in [5.41, 5.74) is 1.12. The fourth-order valence-electron chi connectivity index (χ4n) is 3.07. The number of ether oxygens (including phenoxy) is 1. The van der Waals surface area contributed by atoms with Crippen molar-refractivity contribution < 1.29 is 23.9 Å². The smallest absolute Gasteiger partial charge is 0.330 e. The lowest BCUT2D eigenvalue weighted by atomic mass is 10.0. The van der Waals surface area contributed by atoms with E-state index in [0.29, 0.717) is 21.9 Å². The van der Waals surface area contributed by atoms with Crippen LogP contribution in [0.2, 0.25) is 0 Å². The summed E-state index contributed by atoms with van der Waals surface area (Å²) in [6.07, 6.45) is 0. The zero-order chi connectivity index (χ0) is 21.8. The number of benzene rings is 2. The summed E-state index contributed by atoms with van der Waals surface area (Å²) in [6, 6.07) is 12.1. The van der Waals surface area contributed by atoms with Gasteiger partial charge in [0.05, 0.1) is 12.8 Å². The first-order valence-electron chi connectivity index (χ1n) is 9.20. The van der Waals surface area contributed by atoms with E-state index in [1.165, 1.54) is 19.2 Å². The Morgan fingerprint density at radius 3 is 2.23 bits per heavy atom. The molecule has 30 heavy (non-hydrogen) atoms. The van der Waals surface area contributed by atoms with Crippen LogP contribution in [0, 0.1) is 0 Å². The molecule has 8 nitrogen and oxygen atoms in total. The standard InChI is InChI=1S/C22H21N3O5/c1-13(2)17-21(28)25(22(29)24-17)18(19(26)14-9-5-4-6-10-14)20(27)23-15-11-7-8-12-16(15)30-3/h4-12,18H,1-3H3,(H,23,27)(H,24,29). The van der Waals surface area contributed by atoms with Crippen LogP contribution in [0.5, 0.6) is 5.75 Å². The van der Waals surface area contributed by atoms with Gasteiger partial charge in [-0.3, -0.25) is 14.4 Å².